The highest BCUT2D eigenvalue weighted by atomic mass is 16.5. The summed E-state index contributed by atoms with van der Waals surface area (Å²) in [7, 11) is 0. The fraction of sp³-hybridized carbons (Fsp3) is 0.952. The topological polar surface area (TPSA) is 66.8 Å². The van der Waals surface area contributed by atoms with Crippen molar-refractivity contribution in [2.45, 2.75) is 88.9 Å². The number of carbonyl (C=O) groups is 1. The molecule has 1 spiro atoms. The van der Waals surface area contributed by atoms with Gasteiger partial charge in [-0.25, -0.2) is 0 Å². The number of Topliss-reactive ketones (excluding diaryl/α,β-unsaturated/α-hetero) is 1. The lowest BCUT2D eigenvalue weighted by atomic mass is 9.42. The Bertz CT molecular complexity index is 619. The molecule has 0 amide bonds. The van der Waals surface area contributed by atoms with Crippen LogP contribution in [-0.4, -0.2) is 39.9 Å². The van der Waals surface area contributed by atoms with Crippen molar-refractivity contribution in [3.05, 3.63) is 0 Å². The molecule has 140 valence electrons. The summed E-state index contributed by atoms with van der Waals surface area (Å²) in [4.78, 5) is 12.3. The van der Waals surface area contributed by atoms with Gasteiger partial charge >= 0.3 is 0 Å². The van der Waals surface area contributed by atoms with E-state index in [-0.39, 0.29) is 28.5 Å². The van der Waals surface area contributed by atoms with E-state index in [0.717, 1.165) is 51.4 Å². The number of ether oxygens (including phenoxy) is 1. The van der Waals surface area contributed by atoms with Gasteiger partial charge in [0.25, 0.3) is 0 Å². The molecule has 0 radical (unpaired) electrons. The number of ketones is 1. The fourth-order valence-corrected chi connectivity index (χ4v) is 8.54. The molecule has 8 atom stereocenters. The van der Waals surface area contributed by atoms with Crippen LogP contribution in [0.4, 0.5) is 0 Å². The smallest absolute Gasteiger partial charge is 0.133 e. The van der Waals surface area contributed by atoms with Gasteiger partial charge in [-0.05, 0) is 75.5 Å². The summed E-state index contributed by atoms with van der Waals surface area (Å²) in [6, 6.07) is 0. The zero-order valence-electron chi connectivity index (χ0n) is 15.6. The quantitative estimate of drug-likeness (QED) is 0.765. The highest BCUT2D eigenvalue weighted by Gasteiger charge is 2.76. The number of hydrogen-bond donors (Lipinski definition) is 2. The largest absolute Gasteiger partial charge is 0.393 e. The van der Waals surface area contributed by atoms with Crippen molar-refractivity contribution >= 4 is 5.78 Å². The van der Waals surface area contributed by atoms with Crippen molar-refractivity contribution in [2.75, 3.05) is 6.61 Å². The second-order valence-corrected chi connectivity index (χ2v) is 10.2. The fourth-order valence-electron chi connectivity index (χ4n) is 8.54. The monoisotopic (exact) mass is 348 g/mol. The average molecular weight is 348 g/mol. The van der Waals surface area contributed by atoms with E-state index in [4.69, 9.17) is 4.74 Å². The maximum absolute atomic E-state index is 12.3. The second-order valence-electron chi connectivity index (χ2n) is 10.2. The van der Waals surface area contributed by atoms with Crippen molar-refractivity contribution in [2.24, 2.45) is 28.6 Å². The molecule has 2 bridgehead atoms. The molecule has 0 aromatic rings. The van der Waals surface area contributed by atoms with Crippen LogP contribution in [0.2, 0.25) is 0 Å². The summed E-state index contributed by atoms with van der Waals surface area (Å²) in [6.45, 7) is 4.75. The normalized spacial score (nSPS) is 59.8. The first-order chi connectivity index (χ1) is 11.8. The minimum absolute atomic E-state index is 0.0670. The Hall–Kier alpha value is -0.450. The molecule has 5 rings (SSSR count). The molecular weight excluding hydrogens is 316 g/mol. The highest BCUT2D eigenvalue weighted by molar-refractivity contribution is 5.79. The van der Waals surface area contributed by atoms with Gasteiger partial charge in [0.2, 0.25) is 0 Å². The van der Waals surface area contributed by atoms with Crippen LogP contribution in [0.15, 0.2) is 0 Å². The summed E-state index contributed by atoms with van der Waals surface area (Å²) < 4.78 is 6.68. The van der Waals surface area contributed by atoms with Crippen molar-refractivity contribution in [1.82, 2.24) is 0 Å². The molecule has 1 heterocycles. The number of hydrogen-bond acceptors (Lipinski definition) is 4. The van der Waals surface area contributed by atoms with Crippen LogP contribution >= 0.6 is 0 Å². The Labute approximate surface area is 150 Å². The number of rotatable bonds is 1. The molecule has 25 heavy (non-hydrogen) atoms. The Morgan fingerprint density at radius 3 is 2.60 bits per heavy atom. The number of fused-ring (bicyclic) bond motifs is 1. The van der Waals surface area contributed by atoms with Crippen LogP contribution in [0.25, 0.3) is 0 Å². The third-order valence-electron chi connectivity index (χ3n) is 9.60. The van der Waals surface area contributed by atoms with Gasteiger partial charge in [0, 0.05) is 17.8 Å². The summed E-state index contributed by atoms with van der Waals surface area (Å²) in [5, 5.41) is 21.7. The molecule has 2 N–H and O–H groups in total. The average Bonchev–Trinajstić information content (AvgIpc) is 3.03. The molecule has 0 aromatic carbocycles. The summed E-state index contributed by atoms with van der Waals surface area (Å²) in [6.07, 6.45) is 7.71. The van der Waals surface area contributed by atoms with Gasteiger partial charge in [0.1, 0.15) is 5.78 Å². The Morgan fingerprint density at radius 1 is 1.04 bits per heavy atom. The SMILES string of the molecule is CC(=O)[C@H]1CC[C@@H]2[C@]1(C)CC[C@H]1[C@@]23CC[C@]2(O)C[C@@H](O)CC[C@]12CO3. The zero-order valence-corrected chi connectivity index (χ0v) is 15.6. The van der Waals surface area contributed by atoms with Crippen LogP contribution in [0.1, 0.15) is 71.6 Å². The van der Waals surface area contributed by atoms with Gasteiger partial charge in [-0.15, -0.1) is 0 Å². The lowest BCUT2D eigenvalue weighted by Gasteiger charge is -2.63. The zero-order chi connectivity index (χ0) is 17.7. The van der Waals surface area contributed by atoms with E-state index in [1.54, 1.807) is 6.92 Å². The Kier molecular flexibility index (Phi) is 3.26. The minimum Gasteiger partial charge on any atom is -0.393 e. The van der Waals surface area contributed by atoms with E-state index in [0.29, 0.717) is 30.6 Å². The maximum atomic E-state index is 12.3. The van der Waals surface area contributed by atoms with Crippen LogP contribution in [0.3, 0.4) is 0 Å². The van der Waals surface area contributed by atoms with E-state index in [1.807, 2.05) is 0 Å². The Balaban J connectivity index is 1.56. The summed E-state index contributed by atoms with van der Waals surface area (Å²) in [5.74, 6) is 1.38. The van der Waals surface area contributed by atoms with Gasteiger partial charge in [0.05, 0.1) is 23.9 Å². The van der Waals surface area contributed by atoms with E-state index >= 15 is 0 Å². The maximum Gasteiger partial charge on any atom is 0.133 e. The predicted octanol–water partition coefficient (Wildman–Crippen LogP) is 2.84. The van der Waals surface area contributed by atoms with E-state index in [9.17, 15) is 15.0 Å². The highest BCUT2D eigenvalue weighted by Crippen LogP contribution is 2.74. The second kappa shape index (κ2) is 4.88. The molecular formula is C21H32O4. The lowest BCUT2D eigenvalue weighted by Crippen LogP contribution is -2.66. The van der Waals surface area contributed by atoms with Crippen LogP contribution in [-0.2, 0) is 9.53 Å². The first kappa shape index (κ1) is 16.7. The first-order valence-electron chi connectivity index (χ1n) is 10.3. The molecule has 4 nitrogen and oxygen atoms in total. The third-order valence-corrected chi connectivity index (χ3v) is 9.60. The Morgan fingerprint density at radius 2 is 1.84 bits per heavy atom. The van der Waals surface area contributed by atoms with Crippen molar-refractivity contribution < 1.29 is 19.7 Å². The van der Waals surface area contributed by atoms with Crippen LogP contribution in [0, 0.1) is 28.6 Å². The molecule has 1 aliphatic heterocycles. The third kappa shape index (κ3) is 1.77. The van der Waals surface area contributed by atoms with Gasteiger partial charge in [-0.3, -0.25) is 4.79 Å². The summed E-state index contributed by atoms with van der Waals surface area (Å²) in [5.41, 5.74) is -0.995. The predicted molar refractivity (Wildman–Crippen MR) is 92.9 cm³/mol. The van der Waals surface area contributed by atoms with Crippen LogP contribution in [0.5, 0.6) is 0 Å². The standard InChI is InChI=1S/C21H32O4/c1-13(22)15-3-4-16-18(15,2)7-6-17-19-8-5-14(23)11-20(19,24)9-10-21(16,17)25-12-19/h14-17,23-24H,3-12H2,1-2H3/t14-,15+,16+,17+,18+,19-,20-,21+/m0/s1. The minimum atomic E-state index is -0.762. The molecule has 5 aliphatic rings. The first-order valence-corrected chi connectivity index (χ1v) is 10.3. The van der Waals surface area contributed by atoms with E-state index < -0.39 is 5.60 Å². The van der Waals surface area contributed by atoms with E-state index in [2.05, 4.69) is 6.92 Å². The summed E-state index contributed by atoms with van der Waals surface area (Å²) >= 11 is 0. The molecule has 0 unspecified atom stereocenters. The van der Waals surface area contributed by atoms with Gasteiger partial charge in [-0.1, -0.05) is 6.92 Å². The molecule has 0 aromatic heterocycles. The van der Waals surface area contributed by atoms with Gasteiger partial charge in [0.15, 0.2) is 0 Å². The number of carbonyl (C=O) groups excluding carboxylic acids is 1. The molecule has 4 saturated carbocycles. The molecule has 4 aliphatic carbocycles. The number of aliphatic hydroxyl groups excluding tert-OH is 1. The van der Waals surface area contributed by atoms with Crippen molar-refractivity contribution in [1.29, 1.82) is 0 Å². The number of aliphatic hydroxyl groups is 2. The van der Waals surface area contributed by atoms with E-state index in [1.165, 1.54) is 0 Å². The molecule has 5 fully saturated rings. The van der Waals surface area contributed by atoms with Gasteiger partial charge in [-0.2, -0.15) is 0 Å². The van der Waals surface area contributed by atoms with Gasteiger partial charge < -0.3 is 14.9 Å². The van der Waals surface area contributed by atoms with Crippen molar-refractivity contribution in [3.8, 4) is 0 Å². The molecule has 4 heteroatoms. The van der Waals surface area contributed by atoms with Crippen LogP contribution < -0.4 is 0 Å². The molecule has 1 saturated heterocycles. The van der Waals surface area contributed by atoms with Crippen molar-refractivity contribution in [3.63, 3.8) is 0 Å². The lowest BCUT2D eigenvalue weighted by molar-refractivity contribution is -0.215.